The van der Waals surface area contributed by atoms with Crippen molar-refractivity contribution >= 4 is 6.03 Å². The number of hydrogen-bond acceptors (Lipinski definition) is 3. The standard InChI is InChI=1S/C19H24N2O3/c1-24-14-16-7-5-6-15(12-16)13-21-19(23)20-11-10-18(22)17-8-3-2-4-9-17/h2-9,12,18,22H,10-11,13-14H2,1H3,(H2,20,21,23). The van der Waals surface area contributed by atoms with Crippen LogP contribution in [0.1, 0.15) is 29.2 Å². The van der Waals surface area contributed by atoms with Crippen LogP contribution >= 0.6 is 0 Å². The van der Waals surface area contributed by atoms with Crippen molar-refractivity contribution < 1.29 is 14.6 Å². The molecule has 2 rings (SSSR count). The molecule has 0 saturated carbocycles. The van der Waals surface area contributed by atoms with E-state index in [1.807, 2.05) is 54.6 Å². The summed E-state index contributed by atoms with van der Waals surface area (Å²) >= 11 is 0. The normalized spacial score (nSPS) is 11.8. The minimum atomic E-state index is -0.572. The van der Waals surface area contributed by atoms with Crippen molar-refractivity contribution in [2.75, 3.05) is 13.7 Å². The van der Waals surface area contributed by atoms with Gasteiger partial charge in [0.1, 0.15) is 0 Å². The fourth-order valence-electron chi connectivity index (χ4n) is 2.41. The zero-order valence-corrected chi connectivity index (χ0v) is 13.9. The first-order chi connectivity index (χ1) is 11.7. The van der Waals surface area contributed by atoms with E-state index < -0.39 is 6.10 Å². The molecule has 2 aromatic carbocycles. The fraction of sp³-hybridized carbons (Fsp3) is 0.316. The highest BCUT2D eigenvalue weighted by Gasteiger charge is 2.07. The maximum absolute atomic E-state index is 11.8. The Morgan fingerprint density at radius 1 is 1.08 bits per heavy atom. The van der Waals surface area contributed by atoms with Crippen molar-refractivity contribution in [3.63, 3.8) is 0 Å². The molecule has 0 radical (unpaired) electrons. The Morgan fingerprint density at radius 3 is 2.58 bits per heavy atom. The first-order valence-corrected chi connectivity index (χ1v) is 8.00. The zero-order valence-electron chi connectivity index (χ0n) is 13.9. The van der Waals surface area contributed by atoms with Gasteiger partial charge in [-0.05, 0) is 23.1 Å². The molecule has 0 spiro atoms. The van der Waals surface area contributed by atoms with Crippen molar-refractivity contribution in [3.05, 3.63) is 71.3 Å². The molecular formula is C19H24N2O3. The lowest BCUT2D eigenvalue weighted by Gasteiger charge is -2.12. The van der Waals surface area contributed by atoms with E-state index in [1.165, 1.54) is 0 Å². The molecule has 1 unspecified atom stereocenters. The highest BCUT2D eigenvalue weighted by atomic mass is 16.5. The molecule has 0 bridgehead atoms. The van der Waals surface area contributed by atoms with E-state index in [1.54, 1.807) is 7.11 Å². The van der Waals surface area contributed by atoms with Crippen molar-refractivity contribution in [1.29, 1.82) is 0 Å². The summed E-state index contributed by atoms with van der Waals surface area (Å²) in [5, 5.41) is 15.6. The maximum Gasteiger partial charge on any atom is 0.315 e. The lowest BCUT2D eigenvalue weighted by molar-refractivity contribution is 0.167. The lowest BCUT2D eigenvalue weighted by atomic mass is 10.1. The molecule has 128 valence electrons. The van der Waals surface area contributed by atoms with Gasteiger partial charge in [0.25, 0.3) is 0 Å². The molecule has 0 aliphatic carbocycles. The second kappa shape index (κ2) is 9.70. The average molecular weight is 328 g/mol. The van der Waals surface area contributed by atoms with Crippen LogP contribution in [0, 0.1) is 0 Å². The molecule has 3 N–H and O–H groups in total. The van der Waals surface area contributed by atoms with Gasteiger partial charge in [0, 0.05) is 20.2 Å². The predicted molar refractivity (Wildman–Crippen MR) is 93.4 cm³/mol. The molecule has 2 aromatic rings. The topological polar surface area (TPSA) is 70.6 Å². The number of methoxy groups -OCH3 is 1. The van der Waals surface area contributed by atoms with Crippen LogP contribution in [0.25, 0.3) is 0 Å². The van der Waals surface area contributed by atoms with Crippen LogP contribution in [-0.2, 0) is 17.9 Å². The maximum atomic E-state index is 11.8. The third-order valence-corrected chi connectivity index (χ3v) is 3.64. The van der Waals surface area contributed by atoms with Gasteiger partial charge in [0.05, 0.1) is 12.7 Å². The van der Waals surface area contributed by atoms with Crippen LogP contribution in [0.2, 0.25) is 0 Å². The fourth-order valence-corrected chi connectivity index (χ4v) is 2.41. The Balaban J connectivity index is 1.69. The Bertz CT molecular complexity index is 632. The van der Waals surface area contributed by atoms with Gasteiger partial charge >= 0.3 is 6.03 Å². The molecule has 0 saturated heterocycles. The number of benzene rings is 2. The van der Waals surface area contributed by atoms with Crippen LogP contribution < -0.4 is 10.6 Å². The van der Waals surface area contributed by atoms with E-state index in [0.29, 0.717) is 26.1 Å². The Labute approximate surface area is 142 Å². The SMILES string of the molecule is COCc1cccc(CNC(=O)NCCC(O)c2ccccc2)c1. The summed E-state index contributed by atoms with van der Waals surface area (Å²) < 4.78 is 5.10. The largest absolute Gasteiger partial charge is 0.388 e. The molecule has 5 heteroatoms. The van der Waals surface area contributed by atoms with Crippen LogP contribution in [0.4, 0.5) is 4.79 Å². The molecular weight excluding hydrogens is 304 g/mol. The van der Waals surface area contributed by atoms with E-state index in [2.05, 4.69) is 10.6 Å². The Kier molecular flexibility index (Phi) is 7.26. The van der Waals surface area contributed by atoms with Crippen molar-refractivity contribution in [2.45, 2.75) is 25.7 Å². The molecule has 5 nitrogen and oxygen atoms in total. The van der Waals surface area contributed by atoms with Gasteiger partial charge in [-0.2, -0.15) is 0 Å². The molecule has 0 fully saturated rings. The highest BCUT2D eigenvalue weighted by molar-refractivity contribution is 5.73. The van der Waals surface area contributed by atoms with Gasteiger partial charge in [0.15, 0.2) is 0 Å². The van der Waals surface area contributed by atoms with E-state index in [4.69, 9.17) is 4.74 Å². The quantitative estimate of drug-likeness (QED) is 0.698. The predicted octanol–water partition coefficient (Wildman–Crippen LogP) is 2.76. The summed E-state index contributed by atoms with van der Waals surface area (Å²) in [6, 6.07) is 17.1. The minimum Gasteiger partial charge on any atom is -0.388 e. The highest BCUT2D eigenvalue weighted by Crippen LogP contribution is 2.14. The van der Waals surface area contributed by atoms with E-state index in [0.717, 1.165) is 16.7 Å². The van der Waals surface area contributed by atoms with E-state index in [9.17, 15) is 9.90 Å². The summed E-state index contributed by atoms with van der Waals surface area (Å²) in [6.45, 7) is 1.41. The van der Waals surface area contributed by atoms with Crippen molar-refractivity contribution in [1.82, 2.24) is 10.6 Å². The van der Waals surface area contributed by atoms with Crippen LogP contribution in [0.3, 0.4) is 0 Å². The first-order valence-electron chi connectivity index (χ1n) is 8.00. The van der Waals surface area contributed by atoms with Gasteiger partial charge in [-0.1, -0.05) is 54.6 Å². The number of aliphatic hydroxyl groups excluding tert-OH is 1. The van der Waals surface area contributed by atoms with Crippen LogP contribution in [0.15, 0.2) is 54.6 Å². The Morgan fingerprint density at radius 2 is 1.83 bits per heavy atom. The third-order valence-electron chi connectivity index (χ3n) is 3.64. The van der Waals surface area contributed by atoms with Crippen LogP contribution in [0.5, 0.6) is 0 Å². The van der Waals surface area contributed by atoms with Crippen molar-refractivity contribution in [3.8, 4) is 0 Å². The monoisotopic (exact) mass is 328 g/mol. The smallest absolute Gasteiger partial charge is 0.315 e. The molecule has 1 atom stereocenters. The average Bonchev–Trinajstić information content (AvgIpc) is 2.61. The van der Waals surface area contributed by atoms with Gasteiger partial charge in [-0.15, -0.1) is 0 Å². The number of nitrogens with one attached hydrogen (secondary N) is 2. The number of carbonyl (C=O) groups excluding carboxylic acids is 1. The molecule has 0 aliphatic rings. The number of urea groups is 1. The first kappa shape index (κ1) is 18.0. The molecule has 0 aliphatic heterocycles. The molecule has 2 amide bonds. The minimum absolute atomic E-state index is 0.243. The summed E-state index contributed by atoms with van der Waals surface area (Å²) in [7, 11) is 1.65. The second-order valence-corrected chi connectivity index (χ2v) is 5.58. The van der Waals surface area contributed by atoms with E-state index in [-0.39, 0.29) is 6.03 Å². The number of carbonyl (C=O) groups is 1. The number of rotatable bonds is 8. The van der Waals surface area contributed by atoms with Gasteiger partial charge in [0.2, 0.25) is 0 Å². The van der Waals surface area contributed by atoms with E-state index >= 15 is 0 Å². The summed E-state index contributed by atoms with van der Waals surface area (Å²) in [5.41, 5.74) is 2.95. The molecule has 24 heavy (non-hydrogen) atoms. The lowest BCUT2D eigenvalue weighted by Crippen LogP contribution is -2.36. The number of ether oxygens (including phenoxy) is 1. The van der Waals surface area contributed by atoms with Gasteiger partial charge in [-0.25, -0.2) is 4.79 Å². The van der Waals surface area contributed by atoms with Crippen LogP contribution in [-0.4, -0.2) is 24.8 Å². The second-order valence-electron chi connectivity index (χ2n) is 5.58. The van der Waals surface area contributed by atoms with Gasteiger partial charge in [-0.3, -0.25) is 0 Å². The number of amides is 2. The molecule has 0 heterocycles. The Hall–Kier alpha value is -2.37. The zero-order chi connectivity index (χ0) is 17.2. The van der Waals surface area contributed by atoms with Crippen molar-refractivity contribution in [2.24, 2.45) is 0 Å². The van der Waals surface area contributed by atoms with Gasteiger partial charge < -0.3 is 20.5 Å². The summed E-state index contributed by atoms with van der Waals surface area (Å²) in [6.07, 6.45) is -0.0990. The number of hydrogen-bond donors (Lipinski definition) is 3. The third kappa shape index (κ3) is 6.02. The number of aliphatic hydroxyl groups is 1. The summed E-state index contributed by atoms with van der Waals surface area (Å²) in [5.74, 6) is 0. The molecule has 0 aromatic heterocycles. The summed E-state index contributed by atoms with van der Waals surface area (Å²) in [4.78, 5) is 11.8.